The smallest absolute Gasteiger partial charge is 0.228 e. The average Bonchev–Trinajstić information content (AvgIpc) is 2.44. The van der Waals surface area contributed by atoms with Gasteiger partial charge in [-0.1, -0.05) is 0 Å². The summed E-state index contributed by atoms with van der Waals surface area (Å²) in [5, 5.41) is 9.20. The lowest BCUT2D eigenvalue weighted by atomic mass is 10.2. The number of rotatable bonds is 1. The van der Waals surface area contributed by atoms with E-state index >= 15 is 0 Å². The standard InChI is InChI=1S/C9H9NO3/c1-10-7-4-6(12)2-3-8(7)13-9(10)5-11/h2-5,9,12H,1H3. The van der Waals surface area contributed by atoms with Crippen LogP contribution in [0.2, 0.25) is 0 Å². The van der Waals surface area contributed by atoms with Crippen LogP contribution in [0.15, 0.2) is 18.2 Å². The van der Waals surface area contributed by atoms with E-state index in [1.807, 2.05) is 0 Å². The van der Waals surface area contributed by atoms with Crippen LogP contribution in [-0.2, 0) is 4.79 Å². The lowest BCUT2D eigenvalue weighted by molar-refractivity contribution is -0.113. The van der Waals surface area contributed by atoms with E-state index in [2.05, 4.69) is 0 Å². The first kappa shape index (κ1) is 7.91. The van der Waals surface area contributed by atoms with Crippen molar-refractivity contribution < 1.29 is 14.6 Å². The number of phenols is 1. The first-order valence-corrected chi connectivity index (χ1v) is 3.90. The normalized spacial score (nSPS) is 19.5. The molecule has 13 heavy (non-hydrogen) atoms. The highest BCUT2D eigenvalue weighted by molar-refractivity contribution is 5.73. The van der Waals surface area contributed by atoms with Crippen LogP contribution in [0.3, 0.4) is 0 Å². The van der Waals surface area contributed by atoms with Crippen molar-refractivity contribution in [2.75, 3.05) is 11.9 Å². The second kappa shape index (κ2) is 2.65. The molecule has 1 N–H and O–H groups in total. The lowest BCUT2D eigenvalue weighted by Gasteiger charge is -2.13. The summed E-state index contributed by atoms with van der Waals surface area (Å²) in [6, 6.07) is 4.74. The first-order chi connectivity index (χ1) is 6.22. The Morgan fingerprint density at radius 2 is 2.38 bits per heavy atom. The van der Waals surface area contributed by atoms with Crippen LogP contribution in [0, 0.1) is 0 Å². The van der Waals surface area contributed by atoms with Crippen molar-refractivity contribution in [2.45, 2.75) is 6.23 Å². The Hall–Kier alpha value is -1.71. The summed E-state index contributed by atoms with van der Waals surface area (Å²) < 4.78 is 5.27. The van der Waals surface area contributed by atoms with E-state index in [1.54, 1.807) is 24.1 Å². The number of likely N-dealkylation sites (N-methyl/N-ethyl adjacent to an activating group) is 1. The van der Waals surface area contributed by atoms with Crippen molar-refractivity contribution in [1.82, 2.24) is 0 Å². The van der Waals surface area contributed by atoms with Crippen molar-refractivity contribution in [2.24, 2.45) is 0 Å². The highest BCUT2D eigenvalue weighted by Gasteiger charge is 2.27. The number of ether oxygens (including phenoxy) is 1. The molecule has 1 heterocycles. The molecule has 1 unspecified atom stereocenters. The molecule has 1 aromatic rings. The molecule has 4 heteroatoms. The number of aromatic hydroxyl groups is 1. The zero-order valence-electron chi connectivity index (χ0n) is 7.10. The van der Waals surface area contributed by atoms with Gasteiger partial charge in [-0.25, -0.2) is 0 Å². The molecule has 0 saturated carbocycles. The van der Waals surface area contributed by atoms with Gasteiger partial charge in [0.2, 0.25) is 6.23 Å². The zero-order chi connectivity index (χ0) is 9.42. The van der Waals surface area contributed by atoms with E-state index in [4.69, 9.17) is 4.74 Å². The maximum absolute atomic E-state index is 10.5. The molecular formula is C9H9NO3. The van der Waals surface area contributed by atoms with Gasteiger partial charge in [-0.15, -0.1) is 0 Å². The lowest BCUT2D eigenvalue weighted by Crippen LogP contribution is -2.31. The summed E-state index contributed by atoms with van der Waals surface area (Å²) in [4.78, 5) is 12.2. The van der Waals surface area contributed by atoms with E-state index in [-0.39, 0.29) is 5.75 Å². The summed E-state index contributed by atoms with van der Waals surface area (Å²) >= 11 is 0. The maximum atomic E-state index is 10.5. The Morgan fingerprint density at radius 1 is 1.62 bits per heavy atom. The molecule has 68 valence electrons. The minimum absolute atomic E-state index is 0.167. The van der Waals surface area contributed by atoms with Gasteiger partial charge in [0.05, 0.1) is 5.69 Å². The van der Waals surface area contributed by atoms with Crippen molar-refractivity contribution in [3.63, 3.8) is 0 Å². The molecule has 0 spiro atoms. The van der Waals surface area contributed by atoms with Gasteiger partial charge in [0.25, 0.3) is 0 Å². The summed E-state index contributed by atoms with van der Waals surface area (Å²) in [6.07, 6.45) is 0.147. The van der Waals surface area contributed by atoms with Crippen LogP contribution in [-0.4, -0.2) is 24.7 Å². The Morgan fingerprint density at radius 3 is 3.08 bits per heavy atom. The van der Waals surface area contributed by atoms with Crippen LogP contribution in [0.4, 0.5) is 5.69 Å². The van der Waals surface area contributed by atoms with Crippen LogP contribution in [0.5, 0.6) is 11.5 Å². The van der Waals surface area contributed by atoms with Crippen molar-refractivity contribution >= 4 is 12.0 Å². The van der Waals surface area contributed by atoms with Crippen LogP contribution < -0.4 is 9.64 Å². The minimum Gasteiger partial charge on any atom is -0.508 e. The largest absolute Gasteiger partial charge is 0.508 e. The molecule has 0 aromatic heterocycles. The summed E-state index contributed by atoms with van der Waals surface area (Å²) in [7, 11) is 1.74. The maximum Gasteiger partial charge on any atom is 0.228 e. The van der Waals surface area contributed by atoms with Gasteiger partial charge in [0, 0.05) is 13.1 Å². The second-order valence-corrected chi connectivity index (χ2v) is 2.91. The molecule has 0 bridgehead atoms. The number of benzene rings is 1. The summed E-state index contributed by atoms with van der Waals surface area (Å²) in [6.45, 7) is 0. The van der Waals surface area contributed by atoms with E-state index in [0.29, 0.717) is 5.75 Å². The second-order valence-electron chi connectivity index (χ2n) is 2.91. The Bertz CT molecular complexity index is 351. The molecule has 1 atom stereocenters. The predicted octanol–water partition coefficient (Wildman–Crippen LogP) is 0.746. The van der Waals surface area contributed by atoms with E-state index in [0.717, 1.165) is 12.0 Å². The van der Waals surface area contributed by atoms with Gasteiger partial charge >= 0.3 is 0 Å². The van der Waals surface area contributed by atoms with Gasteiger partial charge in [0.1, 0.15) is 11.5 Å². The Balaban J connectivity index is 2.44. The molecule has 0 saturated heterocycles. The molecule has 0 amide bonds. The van der Waals surface area contributed by atoms with Gasteiger partial charge in [-0.05, 0) is 12.1 Å². The Kier molecular flexibility index (Phi) is 1.62. The molecule has 1 aromatic carbocycles. The van der Waals surface area contributed by atoms with Crippen molar-refractivity contribution in [1.29, 1.82) is 0 Å². The number of nitrogens with zero attached hydrogens (tertiary/aromatic N) is 1. The fraction of sp³-hybridized carbons (Fsp3) is 0.222. The van der Waals surface area contributed by atoms with Crippen LogP contribution in [0.25, 0.3) is 0 Å². The fourth-order valence-corrected chi connectivity index (χ4v) is 1.35. The third-order valence-corrected chi connectivity index (χ3v) is 2.07. The monoisotopic (exact) mass is 179 g/mol. The molecule has 0 aliphatic carbocycles. The van der Waals surface area contributed by atoms with Gasteiger partial charge in [0.15, 0.2) is 6.29 Å². The number of carbonyl (C=O) groups excluding carboxylic acids is 1. The van der Waals surface area contributed by atoms with Gasteiger partial charge < -0.3 is 14.7 Å². The van der Waals surface area contributed by atoms with Crippen molar-refractivity contribution in [3.8, 4) is 11.5 Å². The molecular weight excluding hydrogens is 170 g/mol. The molecule has 1 aliphatic heterocycles. The van der Waals surface area contributed by atoms with E-state index < -0.39 is 6.23 Å². The fourth-order valence-electron chi connectivity index (χ4n) is 1.35. The SMILES string of the molecule is CN1c2cc(O)ccc2OC1C=O. The Labute approximate surface area is 75.3 Å². The van der Waals surface area contributed by atoms with Crippen LogP contribution in [0.1, 0.15) is 0 Å². The minimum atomic E-state index is -0.572. The number of anilines is 1. The summed E-state index contributed by atoms with van der Waals surface area (Å²) in [5.41, 5.74) is 0.733. The molecule has 0 fully saturated rings. The number of phenolic OH excluding ortho intramolecular Hbond substituents is 1. The number of aldehydes is 1. The number of hydrogen-bond acceptors (Lipinski definition) is 4. The van der Waals surface area contributed by atoms with Crippen LogP contribution >= 0.6 is 0 Å². The van der Waals surface area contributed by atoms with E-state index in [9.17, 15) is 9.90 Å². The number of hydrogen-bond donors (Lipinski definition) is 1. The summed E-state index contributed by atoms with van der Waals surface area (Å²) in [5.74, 6) is 0.790. The predicted molar refractivity (Wildman–Crippen MR) is 47.0 cm³/mol. The average molecular weight is 179 g/mol. The zero-order valence-corrected chi connectivity index (χ0v) is 7.10. The topological polar surface area (TPSA) is 49.8 Å². The first-order valence-electron chi connectivity index (χ1n) is 3.90. The van der Waals surface area contributed by atoms with Crippen molar-refractivity contribution in [3.05, 3.63) is 18.2 Å². The quantitative estimate of drug-likeness (QED) is 0.646. The highest BCUT2D eigenvalue weighted by atomic mass is 16.5. The molecule has 4 nitrogen and oxygen atoms in total. The number of carbonyl (C=O) groups is 1. The number of fused-ring (bicyclic) bond motifs is 1. The van der Waals surface area contributed by atoms with E-state index in [1.165, 1.54) is 6.07 Å². The molecule has 0 radical (unpaired) electrons. The van der Waals surface area contributed by atoms with Gasteiger partial charge in [-0.3, -0.25) is 4.79 Å². The molecule has 1 aliphatic rings. The highest BCUT2D eigenvalue weighted by Crippen LogP contribution is 2.37. The third kappa shape index (κ3) is 1.11. The molecule has 2 rings (SSSR count). The third-order valence-electron chi connectivity index (χ3n) is 2.07. The van der Waals surface area contributed by atoms with Gasteiger partial charge in [-0.2, -0.15) is 0 Å².